The third kappa shape index (κ3) is 3.08. The summed E-state index contributed by atoms with van der Waals surface area (Å²) in [5.74, 6) is -0.658. The first-order chi connectivity index (χ1) is 9.13. The van der Waals surface area contributed by atoms with Crippen LogP contribution in [0.4, 0.5) is 5.69 Å². The summed E-state index contributed by atoms with van der Waals surface area (Å²) in [6.45, 7) is 2.77. The van der Waals surface area contributed by atoms with Gasteiger partial charge in [-0.15, -0.1) is 11.8 Å². The van der Waals surface area contributed by atoms with Gasteiger partial charge in [0.1, 0.15) is 0 Å². The van der Waals surface area contributed by atoms with Gasteiger partial charge in [-0.05, 0) is 24.6 Å². The maximum Gasteiger partial charge on any atom is 0.335 e. The van der Waals surface area contributed by atoms with Crippen LogP contribution in [0.5, 0.6) is 0 Å². The van der Waals surface area contributed by atoms with Gasteiger partial charge in [0, 0.05) is 11.4 Å². The van der Waals surface area contributed by atoms with Crippen LogP contribution in [0.2, 0.25) is 0 Å². The molecule has 0 unspecified atom stereocenters. The number of hydrazine groups is 1. The van der Waals surface area contributed by atoms with Gasteiger partial charge in [0.05, 0.1) is 17.0 Å². The van der Waals surface area contributed by atoms with Gasteiger partial charge in [-0.3, -0.25) is 4.79 Å². The molecular formula is C13H16N2O3S. The molecule has 0 bridgehead atoms. The van der Waals surface area contributed by atoms with Crippen LogP contribution in [0.3, 0.4) is 0 Å². The minimum absolute atomic E-state index is 0.0452. The van der Waals surface area contributed by atoms with Crippen molar-refractivity contribution in [1.82, 2.24) is 5.43 Å². The number of aromatic carboxylic acids is 1. The number of benzene rings is 1. The average molecular weight is 280 g/mol. The van der Waals surface area contributed by atoms with Gasteiger partial charge in [-0.1, -0.05) is 13.3 Å². The smallest absolute Gasteiger partial charge is 0.335 e. The number of thioether (sulfide) groups is 1. The Morgan fingerprint density at radius 1 is 1.53 bits per heavy atom. The number of fused-ring (bicyclic) bond motifs is 1. The van der Waals surface area contributed by atoms with E-state index in [0.717, 1.165) is 17.7 Å². The number of unbranched alkanes of at least 4 members (excludes halogenated alkanes) is 1. The van der Waals surface area contributed by atoms with Gasteiger partial charge in [-0.2, -0.15) is 0 Å². The lowest BCUT2D eigenvalue weighted by molar-refractivity contribution is -0.117. The molecule has 1 aliphatic heterocycles. The average Bonchev–Trinajstić information content (AvgIpc) is 2.40. The molecule has 6 heteroatoms. The maximum absolute atomic E-state index is 11.9. The van der Waals surface area contributed by atoms with Crippen LogP contribution in [0.1, 0.15) is 30.1 Å². The van der Waals surface area contributed by atoms with E-state index in [1.165, 1.54) is 16.8 Å². The van der Waals surface area contributed by atoms with E-state index in [2.05, 4.69) is 12.3 Å². The second-order valence-electron chi connectivity index (χ2n) is 4.27. The highest BCUT2D eigenvalue weighted by molar-refractivity contribution is 8.00. The van der Waals surface area contributed by atoms with Crippen molar-refractivity contribution < 1.29 is 14.7 Å². The highest BCUT2D eigenvalue weighted by atomic mass is 32.2. The third-order valence-electron chi connectivity index (χ3n) is 2.85. The Morgan fingerprint density at radius 2 is 2.32 bits per heavy atom. The zero-order valence-electron chi connectivity index (χ0n) is 10.7. The van der Waals surface area contributed by atoms with E-state index in [1.54, 1.807) is 18.2 Å². The molecule has 0 saturated carbocycles. The summed E-state index contributed by atoms with van der Waals surface area (Å²) in [4.78, 5) is 23.9. The van der Waals surface area contributed by atoms with Crippen molar-refractivity contribution in [3.63, 3.8) is 0 Å². The summed E-state index contributed by atoms with van der Waals surface area (Å²) in [6, 6.07) is 4.86. The number of amides is 1. The number of carbonyl (C=O) groups is 2. The van der Waals surface area contributed by atoms with Crippen molar-refractivity contribution in [3.8, 4) is 0 Å². The molecule has 1 aromatic carbocycles. The first-order valence-corrected chi connectivity index (χ1v) is 7.18. The summed E-state index contributed by atoms with van der Waals surface area (Å²) in [7, 11) is 0. The summed E-state index contributed by atoms with van der Waals surface area (Å²) >= 11 is 1.44. The topological polar surface area (TPSA) is 69.6 Å². The van der Waals surface area contributed by atoms with Gasteiger partial charge in [-0.25, -0.2) is 15.2 Å². The predicted octanol–water partition coefficient (Wildman–Crippen LogP) is 2.13. The fourth-order valence-electron chi connectivity index (χ4n) is 1.83. The van der Waals surface area contributed by atoms with E-state index in [1.807, 2.05) is 0 Å². The lowest BCUT2D eigenvalue weighted by atomic mass is 10.2. The molecule has 2 rings (SSSR count). The zero-order chi connectivity index (χ0) is 13.8. The van der Waals surface area contributed by atoms with Gasteiger partial charge in [0.15, 0.2) is 0 Å². The highest BCUT2D eigenvalue weighted by Crippen LogP contribution is 2.35. The van der Waals surface area contributed by atoms with E-state index in [0.29, 0.717) is 18.0 Å². The van der Waals surface area contributed by atoms with Crippen LogP contribution < -0.4 is 10.4 Å². The van der Waals surface area contributed by atoms with Crippen LogP contribution in [0.15, 0.2) is 23.1 Å². The van der Waals surface area contributed by atoms with E-state index < -0.39 is 5.97 Å². The summed E-state index contributed by atoms with van der Waals surface area (Å²) < 4.78 is 0. The fraction of sp³-hybridized carbons (Fsp3) is 0.385. The maximum atomic E-state index is 11.9. The Labute approximate surface area is 116 Å². The monoisotopic (exact) mass is 280 g/mol. The number of rotatable bonds is 5. The first kappa shape index (κ1) is 13.9. The SMILES string of the molecule is CCCCNN1C(=O)CSc2ccc(C(=O)O)cc21. The molecule has 0 fully saturated rings. The lowest BCUT2D eigenvalue weighted by Gasteiger charge is -2.29. The molecule has 1 heterocycles. The molecule has 0 aliphatic carbocycles. The van der Waals surface area contributed by atoms with Gasteiger partial charge >= 0.3 is 5.97 Å². The van der Waals surface area contributed by atoms with Gasteiger partial charge in [0.2, 0.25) is 0 Å². The number of anilines is 1. The third-order valence-corrected chi connectivity index (χ3v) is 3.90. The van der Waals surface area contributed by atoms with E-state index in [4.69, 9.17) is 5.11 Å². The number of hydrogen-bond acceptors (Lipinski definition) is 4. The van der Waals surface area contributed by atoms with E-state index >= 15 is 0 Å². The standard InChI is InChI=1S/C13H16N2O3S/c1-2-3-6-14-15-10-7-9(13(17)18)4-5-11(10)19-8-12(15)16/h4-5,7,14H,2-3,6,8H2,1H3,(H,17,18). The van der Waals surface area contributed by atoms with Gasteiger partial charge in [0.25, 0.3) is 5.91 Å². The lowest BCUT2D eigenvalue weighted by Crippen LogP contribution is -2.46. The first-order valence-electron chi connectivity index (χ1n) is 6.20. The van der Waals surface area contributed by atoms with Crippen molar-refractivity contribution in [2.45, 2.75) is 24.7 Å². The summed E-state index contributed by atoms with van der Waals surface area (Å²) in [5, 5.41) is 10.5. The molecule has 2 N–H and O–H groups in total. The quantitative estimate of drug-likeness (QED) is 0.809. The Bertz CT molecular complexity index is 505. The molecule has 1 amide bonds. The Kier molecular flexibility index (Phi) is 4.44. The Hall–Kier alpha value is -1.53. The van der Waals surface area contributed by atoms with E-state index in [9.17, 15) is 9.59 Å². The number of nitrogens with zero attached hydrogens (tertiary/aromatic N) is 1. The van der Waals surface area contributed by atoms with Crippen molar-refractivity contribution in [3.05, 3.63) is 23.8 Å². The molecular weight excluding hydrogens is 264 g/mol. The molecule has 102 valence electrons. The van der Waals surface area contributed by atoms with Crippen molar-refractivity contribution in [1.29, 1.82) is 0 Å². The number of carbonyl (C=O) groups excluding carboxylic acids is 1. The highest BCUT2D eigenvalue weighted by Gasteiger charge is 2.25. The minimum atomic E-state index is -0.987. The predicted molar refractivity (Wildman–Crippen MR) is 74.5 cm³/mol. The molecule has 0 radical (unpaired) electrons. The Balaban J connectivity index is 2.27. The molecule has 1 aliphatic rings. The van der Waals surface area contributed by atoms with Crippen LogP contribution >= 0.6 is 11.8 Å². The number of carboxylic acid groups (broad SMARTS) is 1. The van der Waals surface area contributed by atoms with Crippen LogP contribution in [-0.2, 0) is 4.79 Å². The second-order valence-corrected chi connectivity index (χ2v) is 5.28. The molecule has 0 aromatic heterocycles. The molecule has 0 atom stereocenters. The van der Waals surface area contributed by atoms with E-state index in [-0.39, 0.29) is 11.5 Å². The van der Waals surface area contributed by atoms with Gasteiger partial charge < -0.3 is 5.11 Å². The largest absolute Gasteiger partial charge is 0.478 e. The normalized spacial score (nSPS) is 14.4. The molecule has 0 saturated heterocycles. The van der Waals surface area contributed by atoms with Crippen molar-refractivity contribution in [2.24, 2.45) is 0 Å². The molecule has 1 aromatic rings. The minimum Gasteiger partial charge on any atom is -0.478 e. The molecule has 5 nitrogen and oxygen atoms in total. The number of hydrogen-bond donors (Lipinski definition) is 2. The number of carboxylic acids is 1. The fourth-order valence-corrected chi connectivity index (χ4v) is 2.70. The van der Waals surface area contributed by atoms with Crippen LogP contribution in [0.25, 0.3) is 0 Å². The van der Waals surface area contributed by atoms with Crippen LogP contribution in [-0.4, -0.2) is 29.3 Å². The number of nitrogens with one attached hydrogen (secondary N) is 1. The van der Waals surface area contributed by atoms with Crippen LogP contribution in [0, 0.1) is 0 Å². The zero-order valence-corrected chi connectivity index (χ0v) is 11.5. The second kappa shape index (κ2) is 6.08. The molecule has 0 spiro atoms. The summed E-state index contributed by atoms with van der Waals surface area (Å²) in [6.07, 6.45) is 2.00. The Morgan fingerprint density at radius 3 is 3.00 bits per heavy atom. The summed E-state index contributed by atoms with van der Waals surface area (Å²) in [5.41, 5.74) is 3.90. The van der Waals surface area contributed by atoms with Crippen molar-refractivity contribution in [2.75, 3.05) is 17.3 Å². The molecule has 19 heavy (non-hydrogen) atoms. The van der Waals surface area contributed by atoms with Crippen molar-refractivity contribution >= 4 is 29.3 Å².